The molecule has 0 saturated carbocycles. The molecule has 100 valence electrons. The largest absolute Gasteiger partial charge is 0.336 e. The molecule has 2 N–H and O–H groups in total. The summed E-state index contributed by atoms with van der Waals surface area (Å²) in [6.07, 6.45) is 6.34. The Hall–Kier alpha value is -2.01. The van der Waals surface area contributed by atoms with Crippen LogP contribution in [0.2, 0.25) is 0 Å². The van der Waals surface area contributed by atoms with Crippen molar-refractivity contribution >= 4 is 5.95 Å². The minimum atomic E-state index is 0.662. The maximum Gasteiger partial charge on any atom is 0.225 e. The Morgan fingerprint density at radius 3 is 2.84 bits per heavy atom. The van der Waals surface area contributed by atoms with Crippen molar-refractivity contribution in [1.29, 1.82) is 0 Å². The second-order valence-corrected chi connectivity index (χ2v) is 4.42. The van der Waals surface area contributed by atoms with Gasteiger partial charge in [-0.1, -0.05) is 6.07 Å². The van der Waals surface area contributed by atoms with Crippen LogP contribution in [0.5, 0.6) is 0 Å². The molecular formula is C14H19N5. The van der Waals surface area contributed by atoms with Gasteiger partial charge in [0.15, 0.2) is 0 Å². The molecule has 0 bridgehead atoms. The first-order valence-corrected chi connectivity index (χ1v) is 6.43. The van der Waals surface area contributed by atoms with Crippen LogP contribution in [-0.4, -0.2) is 28.0 Å². The lowest BCUT2D eigenvalue weighted by molar-refractivity contribution is 0.711. The standard InChI is InChI=1S/C14H19N5/c1-12-5-8-17-14(18-12)19(9-3-6-15)11-13-4-2-7-16-10-13/h2,4-5,7-8,10H,3,6,9,11,15H2,1H3. The zero-order valence-corrected chi connectivity index (χ0v) is 11.2. The zero-order valence-electron chi connectivity index (χ0n) is 11.2. The molecule has 0 aromatic carbocycles. The summed E-state index contributed by atoms with van der Waals surface area (Å²) in [6, 6.07) is 5.89. The molecule has 2 rings (SSSR count). The van der Waals surface area contributed by atoms with E-state index in [-0.39, 0.29) is 0 Å². The van der Waals surface area contributed by atoms with Gasteiger partial charge in [-0.05, 0) is 37.6 Å². The second-order valence-electron chi connectivity index (χ2n) is 4.42. The van der Waals surface area contributed by atoms with Gasteiger partial charge in [-0.25, -0.2) is 9.97 Å². The quantitative estimate of drug-likeness (QED) is 0.850. The van der Waals surface area contributed by atoms with E-state index in [2.05, 4.69) is 25.9 Å². The number of rotatable bonds is 6. The Kier molecular flexibility index (Phi) is 4.80. The number of pyridine rings is 1. The lowest BCUT2D eigenvalue weighted by Gasteiger charge is -2.22. The van der Waals surface area contributed by atoms with Crippen molar-refractivity contribution in [1.82, 2.24) is 15.0 Å². The van der Waals surface area contributed by atoms with Gasteiger partial charge in [0.05, 0.1) is 0 Å². The van der Waals surface area contributed by atoms with Crippen molar-refractivity contribution in [2.75, 3.05) is 18.0 Å². The van der Waals surface area contributed by atoms with E-state index in [1.54, 1.807) is 12.4 Å². The van der Waals surface area contributed by atoms with Crippen molar-refractivity contribution in [3.63, 3.8) is 0 Å². The van der Waals surface area contributed by atoms with E-state index in [0.29, 0.717) is 6.54 Å². The van der Waals surface area contributed by atoms with Crippen LogP contribution in [0.25, 0.3) is 0 Å². The average Bonchev–Trinajstić information content (AvgIpc) is 2.44. The SMILES string of the molecule is Cc1ccnc(N(CCCN)Cc2cccnc2)n1. The monoisotopic (exact) mass is 257 g/mol. The minimum Gasteiger partial charge on any atom is -0.336 e. The Bertz CT molecular complexity index is 500. The number of hydrogen-bond acceptors (Lipinski definition) is 5. The summed E-state index contributed by atoms with van der Waals surface area (Å²) in [6.45, 7) is 4.22. The highest BCUT2D eigenvalue weighted by Crippen LogP contribution is 2.12. The van der Waals surface area contributed by atoms with Crippen molar-refractivity contribution in [2.24, 2.45) is 5.73 Å². The van der Waals surface area contributed by atoms with Crippen LogP contribution in [0.1, 0.15) is 17.7 Å². The van der Waals surface area contributed by atoms with Crippen molar-refractivity contribution in [3.05, 3.63) is 48.0 Å². The van der Waals surface area contributed by atoms with Crippen LogP contribution in [-0.2, 0) is 6.54 Å². The van der Waals surface area contributed by atoms with E-state index in [4.69, 9.17) is 5.73 Å². The summed E-state index contributed by atoms with van der Waals surface area (Å²) < 4.78 is 0. The molecule has 2 heterocycles. The Balaban J connectivity index is 2.16. The molecule has 2 aromatic heterocycles. The van der Waals surface area contributed by atoms with Crippen molar-refractivity contribution in [3.8, 4) is 0 Å². The molecule has 0 aliphatic carbocycles. The van der Waals surface area contributed by atoms with Crippen LogP contribution in [0.15, 0.2) is 36.8 Å². The van der Waals surface area contributed by atoms with Crippen molar-refractivity contribution in [2.45, 2.75) is 19.9 Å². The van der Waals surface area contributed by atoms with Gasteiger partial charge in [-0.15, -0.1) is 0 Å². The van der Waals surface area contributed by atoms with E-state index in [9.17, 15) is 0 Å². The first-order chi connectivity index (χ1) is 9.29. The normalized spacial score (nSPS) is 10.4. The average molecular weight is 257 g/mol. The minimum absolute atomic E-state index is 0.662. The van der Waals surface area contributed by atoms with Gasteiger partial charge in [-0.3, -0.25) is 4.98 Å². The predicted octanol–water partition coefficient (Wildman–Crippen LogP) is 1.54. The maximum atomic E-state index is 5.60. The summed E-state index contributed by atoms with van der Waals surface area (Å²) >= 11 is 0. The maximum absolute atomic E-state index is 5.60. The fourth-order valence-electron chi connectivity index (χ4n) is 1.83. The molecule has 19 heavy (non-hydrogen) atoms. The van der Waals surface area contributed by atoms with E-state index in [0.717, 1.165) is 36.7 Å². The number of nitrogens with two attached hydrogens (primary N) is 1. The molecule has 0 unspecified atom stereocenters. The first kappa shape index (κ1) is 13.4. The molecule has 0 fully saturated rings. The number of aromatic nitrogens is 3. The molecule has 0 aliphatic heterocycles. The highest BCUT2D eigenvalue weighted by Gasteiger charge is 2.10. The second kappa shape index (κ2) is 6.80. The fourth-order valence-corrected chi connectivity index (χ4v) is 1.83. The topological polar surface area (TPSA) is 67.9 Å². The van der Waals surface area contributed by atoms with Crippen LogP contribution >= 0.6 is 0 Å². The Morgan fingerprint density at radius 1 is 1.26 bits per heavy atom. The lowest BCUT2D eigenvalue weighted by atomic mass is 10.2. The summed E-state index contributed by atoms with van der Waals surface area (Å²) in [7, 11) is 0. The molecule has 5 nitrogen and oxygen atoms in total. The molecule has 0 saturated heterocycles. The number of nitrogens with zero attached hydrogens (tertiary/aromatic N) is 4. The van der Waals surface area contributed by atoms with E-state index in [1.165, 1.54) is 0 Å². The van der Waals surface area contributed by atoms with E-state index in [1.807, 2.05) is 25.3 Å². The van der Waals surface area contributed by atoms with Gasteiger partial charge in [0.25, 0.3) is 0 Å². The number of anilines is 1. The van der Waals surface area contributed by atoms with Crippen molar-refractivity contribution < 1.29 is 0 Å². The van der Waals surface area contributed by atoms with E-state index < -0.39 is 0 Å². The predicted molar refractivity (Wildman–Crippen MR) is 75.7 cm³/mol. The third-order valence-electron chi connectivity index (χ3n) is 2.79. The van der Waals surface area contributed by atoms with Crippen LogP contribution in [0, 0.1) is 6.92 Å². The number of hydrogen-bond donors (Lipinski definition) is 1. The zero-order chi connectivity index (χ0) is 13.5. The first-order valence-electron chi connectivity index (χ1n) is 6.43. The molecule has 0 aliphatic rings. The molecular weight excluding hydrogens is 238 g/mol. The van der Waals surface area contributed by atoms with Gasteiger partial charge in [0.2, 0.25) is 5.95 Å². The van der Waals surface area contributed by atoms with Gasteiger partial charge in [-0.2, -0.15) is 0 Å². The Morgan fingerprint density at radius 2 is 2.16 bits per heavy atom. The van der Waals surface area contributed by atoms with E-state index >= 15 is 0 Å². The third-order valence-corrected chi connectivity index (χ3v) is 2.79. The molecule has 0 spiro atoms. The van der Waals surface area contributed by atoms with Gasteiger partial charge < -0.3 is 10.6 Å². The van der Waals surface area contributed by atoms with Gasteiger partial charge in [0.1, 0.15) is 0 Å². The summed E-state index contributed by atoms with van der Waals surface area (Å²) in [5.41, 5.74) is 7.71. The molecule has 2 aromatic rings. The molecule has 0 radical (unpaired) electrons. The summed E-state index contributed by atoms with van der Waals surface area (Å²) in [4.78, 5) is 15.1. The van der Waals surface area contributed by atoms with Gasteiger partial charge >= 0.3 is 0 Å². The lowest BCUT2D eigenvalue weighted by Crippen LogP contribution is -2.27. The smallest absolute Gasteiger partial charge is 0.225 e. The molecule has 0 atom stereocenters. The number of aryl methyl sites for hydroxylation is 1. The summed E-state index contributed by atoms with van der Waals surface area (Å²) in [5, 5.41) is 0. The highest BCUT2D eigenvalue weighted by atomic mass is 15.2. The van der Waals surface area contributed by atoms with Crippen LogP contribution in [0.3, 0.4) is 0 Å². The van der Waals surface area contributed by atoms with Crippen LogP contribution in [0.4, 0.5) is 5.95 Å². The summed E-state index contributed by atoms with van der Waals surface area (Å²) in [5.74, 6) is 0.748. The van der Waals surface area contributed by atoms with Crippen LogP contribution < -0.4 is 10.6 Å². The Labute approximate surface area is 113 Å². The fraction of sp³-hybridized carbons (Fsp3) is 0.357. The molecule has 5 heteroatoms. The third kappa shape index (κ3) is 3.99. The highest BCUT2D eigenvalue weighted by molar-refractivity contribution is 5.32. The molecule has 0 amide bonds. The van der Waals surface area contributed by atoms with Gasteiger partial charge in [0, 0.05) is 37.4 Å².